The van der Waals surface area contributed by atoms with Crippen LogP contribution in [0.1, 0.15) is 68.8 Å². The number of nitrogens with one attached hydrogen (secondary N) is 1. The number of hydrogen-bond donors (Lipinski definition) is 1. The molecule has 3 aromatic rings. The molecule has 0 aromatic heterocycles. The highest BCUT2D eigenvalue weighted by atomic mass is 32.2. The van der Waals surface area contributed by atoms with E-state index in [1.54, 1.807) is 36.4 Å². The summed E-state index contributed by atoms with van der Waals surface area (Å²) in [6.45, 7) is 8.07. The molecule has 5 rings (SSSR count). The molecule has 0 radical (unpaired) electrons. The average Bonchev–Trinajstić information content (AvgIpc) is 2.91. The smallest absolute Gasteiger partial charge is 0.264 e. The maximum atomic E-state index is 13.8. The molecule has 2 aliphatic rings. The Bertz CT molecular complexity index is 1440. The van der Waals surface area contributed by atoms with Crippen molar-refractivity contribution >= 4 is 21.6 Å². The van der Waals surface area contributed by atoms with E-state index >= 15 is 0 Å². The second kappa shape index (κ2) is 10.1. The number of benzene rings is 3. The number of anilines is 1. The van der Waals surface area contributed by atoms with E-state index in [1.165, 1.54) is 28.3 Å². The van der Waals surface area contributed by atoms with Crippen molar-refractivity contribution in [1.29, 1.82) is 0 Å². The van der Waals surface area contributed by atoms with Gasteiger partial charge < -0.3 is 10.1 Å². The normalized spacial score (nSPS) is 18.1. The lowest BCUT2D eigenvalue weighted by atomic mass is 9.86. The highest BCUT2D eigenvalue weighted by molar-refractivity contribution is 7.92. The van der Waals surface area contributed by atoms with Crippen LogP contribution in [0.5, 0.6) is 5.75 Å². The van der Waals surface area contributed by atoms with E-state index in [9.17, 15) is 13.2 Å². The lowest BCUT2D eigenvalue weighted by Crippen LogP contribution is -2.51. The van der Waals surface area contributed by atoms with E-state index in [4.69, 9.17) is 4.74 Å². The Morgan fingerprint density at radius 3 is 2.39 bits per heavy atom. The molecule has 7 heteroatoms. The van der Waals surface area contributed by atoms with Crippen molar-refractivity contribution in [2.24, 2.45) is 0 Å². The van der Waals surface area contributed by atoms with Gasteiger partial charge in [-0.25, -0.2) is 8.42 Å². The maximum Gasteiger partial charge on any atom is 0.264 e. The molecule has 6 nitrogen and oxygen atoms in total. The zero-order chi connectivity index (χ0) is 27.1. The van der Waals surface area contributed by atoms with Gasteiger partial charge in [0, 0.05) is 0 Å². The number of carbonyl (C=O) groups is 1. The van der Waals surface area contributed by atoms with Gasteiger partial charge in [0.15, 0.2) is 6.10 Å². The SMILES string of the molecule is CC(NC(=O)C1CN(S(=O)(=O)c2ccccc2)c2cc(C(C)(C)C)ccc2O1)c1ccc2c(c1)CCCC2. The summed E-state index contributed by atoms with van der Waals surface area (Å²) in [6, 6.07) is 20.1. The van der Waals surface area contributed by atoms with Gasteiger partial charge in [0.05, 0.1) is 23.2 Å². The molecule has 2 atom stereocenters. The highest BCUT2D eigenvalue weighted by Gasteiger charge is 2.38. The Morgan fingerprint density at radius 1 is 0.974 bits per heavy atom. The van der Waals surface area contributed by atoms with Gasteiger partial charge in [-0.3, -0.25) is 9.10 Å². The number of amides is 1. The molecule has 1 heterocycles. The molecule has 3 aromatic carbocycles. The van der Waals surface area contributed by atoms with E-state index in [-0.39, 0.29) is 28.8 Å². The molecule has 38 heavy (non-hydrogen) atoms. The first-order chi connectivity index (χ1) is 18.0. The molecule has 0 spiro atoms. The second-order valence-electron chi connectivity index (χ2n) is 11.4. The first-order valence-electron chi connectivity index (χ1n) is 13.3. The molecule has 1 N–H and O–H groups in total. The zero-order valence-electron chi connectivity index (χ0n) is 22.5. The monoisotopic (exact) mass is 532 g/mol. The molecule has 1 amide bonds. The molecule has 0 saturated heterocycles. The minimum absolute atomic E-state index is 0.111. The fraction of sp³-hybridized carbons (Fsp3) is 0.387. The Morgan fingerprint density at radius 2 is 1.68 bits per heavy atom. The van der Waals surface area contributed by atoms with Gasteiger partial charge >= 0.3 is 0 Å². The zero-order valence-corrected chi connectivity index (χ0v) is 23.3. The van der Waals surface area contributed by atoms with E-state index in [2.05, 4.69) is 44.3 Å². The quantitative estimate of drug-likeness (QED) is 0.458. The summed E-state index contributed by atoms with van der Waals surface area (Å²) < 4.78 is 35.1. The first-order valence-corrected chi connectivity index (χ1v) is 14.8. The standard InChI is InChI=1S/C31H36N2O4S/c1-21(23-15-14-22-10-8-9-11-24(22)18-23)32-30(34)29-20-33(38(35,36)26-12-6-5-7-13-26)27-19-25(31(2,3)4)16-17-28(27)37-29/h5-7,12-19,21,29H,8-11,20H2,1-4H3,(H,32,34). The molecule has 1 aliphatic carbocycles. The minimum atomic E-state index is -3.92. The van der Waals surface area contributed by atoms with Gasteiger partial charge in [0.1, 0.15) is 5.75 Å². The van der Waals surface area contributed by atoms with Crippen LogP contribution in [0.25, 0.3) is 0 Å². The second-order valence-corrected chi connectivity index (χ2v) is 13.2. The number of ether oxygens (including phenoxy) is 1. The van der Waals surface area contributed by atoms with Crippen molar-refractivity contribution in [3.63, 3.8) is 0 Å². The van der Waals surface area contributed by atoms with Gasteiger partial charge in [-0.15, -0.1) is 0 Å². The molecule has 0 saturated carbocycles. The lowest BCUT2D eigenvalue weighted by molar-refractivity contribution is -0.128. The van der Waals surface area contributed by atoms with E-state index in [0.717, 1.165) is 24.0 Å². The van der Waals surface area contributed by atoms with Gasteiger partial charge in [0.25, 0.3) is 15.9 Å². The third-order valence-corrected chi connectivity index (χ3v) is 9.34. The summed E-state index contributed by atoms with van der Waals surface area (Å²) in [4.78, 5) is 13.6. The Kier molecular flexibility index (Phi) is 6.99. The summed E-state index contributed by atoms with van der Waals surface area (Å²) in [5, 5.41) is 3.07. The van der Waals surface area contributed by atoms with Crippen molar-refractivity contribution in [2.45, 2.75) is 75.8 Å². The van der Waals surface area contributed by atoms with Gasteiger partial charge in [-0.05, 0) is 84.5 Å². The van der Waals surface area contributed by atoms with Crippen molar-refractivity contribution < 1.29 is 17.9 Å². The van der Waals surface area contributed by atoms with Crippen LogP contribution in [0, 0.1) is 0 Å². The van der Waals surface area contributed by atoms with E-state index < -0.39 is 16.1 Å². The van der Waals surface area contributed by atoms with Crippen LogP contribution in [0.2, 0.25) is 0 Å². The summed E-state index contributed by atoms with van der Waals surface area (Å²) in [5.74, 6) is 0.0411. The van der Waals surface area contributed by atoms with Crippen LogP contribution >= 0.6 is 0 Å². The largest absolute Gasteiger partial charge is 0.476 e. The number of carbonyl (C=O) groups excluding carboxylic acids is 1. The highest BCUT2D eigenvalue weighted by Crippen LogP contribution is 2.40. The van der Waals surface area contributed by atoms with Crippen molar-refractivity contribution in [3.05, 3.63) is 89.0 Å². The molecular weight excluding hydrogens is 496 g/mol. The van der Waals surface area contributed by atoms with Gasteiger partial charge in [-0.2, -0.15) is 0 Å². The minimum Gasteiger partial charge on any atom is -0.476 e. The number of nitrogens with zero attached hydrogens (tertiary/aromatic N) is 1. The number of aryl methyl sites for hydroxylation is 2. The molecule has 1 aliphatic heterocycles. The predicted molar refractivity (Wildman–Crippen MR) is 150 cm³/mol. The van der Waals surface area contributed by atoms with Crippen LogP contribution < -0.4 is 14.4 Å². The molecule has 2 unspecified atom stereocenters. The topological polar surface area (TPSA) is 75.7 Å². The Labute approximate surface area is 226 Å². The van der Waals surface area contributed by atoms with Crippen LogP contribution in [0.3, 0.4) is 0 Å². The number of sulfonamides is 1. The third kappa shape index (κ3) is 5.17. The fourth-order valence-electron chi connectivity index (χ4n) is 5.21. The third-order valence-electron chi connectivity index (χ3n) is 7.55. The van der Waals surface area contributed by atoms with Crippen LogP contribution in [-0.2, 0) is 33.1 Å². The Balaban J connectivity index is 1.44. The molecular formula is C31H36N2O4S. The first kappa shape index (κ1) is 26.3. The van der Waals surface area contributed by atoms with E-state index in [0.29, 0.717) is 11.4 Å². The lowest BCUT2D eigenvalue weighted by Gasteiger charge is -2.36. The summed E-state index contributed by atoms with van der Waals surface area (Å²) >= 11 is 0. The van der Waals surface area contributed by atoms with Crippen molar-refractivity contribution in [1.82, 2.24) is 5.32 Å². The van der Waals surface area contributed by atoms with Crippen LogP contribution in [0.4, 0.5) is 5.69 Å². The van der Waals surface area contributed by atoms with Crippen LogP contribution in [0.15, 0.2) is 71.6 Å². The van der Waals surface area contributed by atoms with Crippen molar-refractivity contribution in [3.8, 4) is 5.75 Å². The summed E-state index contributed by atoms with van der Waals surface area (Å²) in [6.07, 6.45) is 3.60. The van der Waals surface area contributed by atoms with Gasteiger partial charge in [-0.1, -0.05) is 63.2 Å². The number of fused-ring (bicyclic) bond motifs is 2. The maximum absolute atomic E-state index is 13.8. The molecule has 0 fully saturated rings. The fourth-order valence-corrected chi connectivity index (χ4v) is 6.70. The van der Waals surface area contributed by atoms with Gasteiger partial charge in [0.2, 0.25) is 0 Å². The Hall–Kier alpha value is -3.32. The molecule has 0 bridgehead atoms. The van der Waals surface area contributed by atoms with Crippen molar-refractivity contribution in [2.75, 3.05) is 10.8 Å². The number of rotatable bonds is 5. The van der Waals surface area contributed by atoms with Crippen LogP contribution in [-0.4, -0.2) is 27.0 Å². The summed E-state index contributed by atoms with van der Waals surface area (Å²) in [5.41, 5.74) is 5.04. The molecule has 200 valence electrons. The average molecular weight is 533 g/mol. The predicted octanol–water partition coefficient (Wildman–Crippen LogP) is 5.70. The van der Waals surface area contributed by atoms with E-state index in [1.807, 2.05) is 19.1 Å². The number of hydrogen-bond acceptors (Lipinski definition) is 4. The summed E-state index contributed by atoms with van der Waals surface area (Å²) in [7, 11) is -3.92.